The maximum Gasteiger partial charge on any atom is 0.347 e. The van der Waals surface area contributed by atoms with Crippen LogP contribution in [0.4, 0.5) is 0 Å². The highest BCUT2D eigenvalue weighted by Gasteiger charge is 2.27. The van der Waals surface area contributed by atoms with Crippen LogP contribution < -0.4 is 14.2 Å². The predicted molar refractivity (Wildman–Crippen MR) is 197 cm³/mol. The third kappa shape index (κ3) is 6.74. The van der Waals surface area contributed by atoms with E-state index < -0.39 is 12.1 Å². The number of nitrogens with zero attached hydrogens (tertiary/aromatic N) is 5. The summed E-state index contributed by atoms with van der Waals surface area (Å²) in [6, 6.07) is 26.6. The van der Waals surface area contributed by atoms with E-state index in [1.807, 2.05) is 90.6 Å². The van der Waals surface area contributed by atoms with Crippen molar-refractivity contribution in [3.63, 3.8) is 0 Å². The lowest BCUT2D eigenvalue weighted by Crippen LogP contribution is -2.31. The number of esters is 1. The van der Waals surface area contributed by atoms with Crippen molar-refractivity contribution in [1.29, 1.82) is 0 Å². The fourth-order valence-corrected chi connectivity index (χ4v) is 7.41. The largest absolute Gasteiger partial charge is 0.496 e. The molecule has 0 radical (unpaired) electrons. The van der Waals surface area contributed by atoms with Gasteiger partial charge in [-0.25, -0.2) is 14.8 Å². The maximum atomic E-state index is 13.1. The van der Waals surface area contributed by atoms with Gasteiger partial charge >= 0.3 is 5.97 Å². The molecule has 50 heavy (non-hydrogen) atoms. The van der Waals surface area contributed by atoms with Gasteiger partial charge < -0.3 is 18.9 Å². The predicted octanol–water partition coefficient (Wildman–Crippen LogP) is 8.47. The average molecular weight is 771 g/mol. The number of aromatic nitrogens is 5. The van der Waals surface area contributed by atoms with Crippen LogP contribution >= 0.6 is 39.1 Å². The number of para-hydroxylation sites is 2. The van der Waals surface area contributed by atoms with Crippen molar-refractivity contribution in [3.8, 4) is 40.0 Å². The van der Waals surface area contributed by atoms with Crippen LogP contribution in [0.15, 0.2) is 95.6 Å². The highest BCUT2D eigenvalue weighted by atomic mass is 79.9. The summed E-state index contributed by atoms with van der Waals surface area (Å²) in [6.07, 6.45) is 0.868. The quantitative estimate of drug-likeness (QED) is 0.120. The number of fused-ring (bicyclic) bond motifs is 2. The monoisotopic (exact) mass is 769 g/mol. The van der Waals surface area contributed by atoms with Crippen LogP contribution in [-0.4, -0.2) is 50.4 Å². The molecule has 4 aromatic carbocycles. The molecule has 13 heteroatoms. The van der Waals surface area contributed by atoms with Gasteiger partial charge in [0.05, 0.1) is 41.1 Å². The summed E-state index contributed by atoms with van der Waals surface area (Å²) in [5, 5.41) is 7.13. The molecule has 0 spiro atoms. The number of carbonyl (C=O) groups excluding carboxylic acids is 1. The number of hydrogen-bond donors (Lipinski definition) is 0. The first-order chi connectivity index (χ1) is 24.3. The van der Waals surface area contributed by atoms with Crippen molar-refractivity contribution in [2.45, 2.75) is 19.1 Å². The van der Waals surface area contributed by atoms with Gasteiger partial charge in [0.25, 0.3) is 0 Å². The molecule has 7 aromatic rings. The van der Waals surface area contributed by atoms with Crippen LogP contribution in [0.2, 0.25) is 5.02 Å². The van der Waals surface area contributed by atoms with E-state index in [9.17, 15) is 4.79 Å². The van der Waals surface area contributed by atoms with Crippen LogP contribution in [0.3, 0.4) is 0 Å². The minimum atomic E-state index is -0.998. The molecule has 0 aliphatic rings. The molecule has 0 aliphatic heterocycles. The Morgan fingerprint density at radius 1 is 1.00 bits per heavy atom. The number of carbonyl (C=O) groups is 1. The van der Waals surface area contributed by atoms with Gasteiger partial charge in [-0.05, 0) is 87.6 Å². The number of ether oxygens (including phenoxy) is 4. The normalized spacial score (nSPS) is 11.9. The molecule has 252 valence electrons. The summed E-state index contributed by atoms with van der Waals surface area (Å²) in [4.78, 5) is 22.2. The third-order valence-corrected chi connectivity index (χ3v) is 9.75. The second-order valence-electron chi connectivity index (χ2n) is 11.3. The zero-order valence-corrected chi connectivity index (χ0v) is 30.3. The highest BCUT2D eigenvalue weighted by Crippen LogP contribution is 2.40. The van der Waals surface area contributed by atoms with Gasteiger partial charge in [-0.1, -0.05) is 41.9 Å². The van der Waals surface area contributed by atoms with Crippen molar-refractivity contribution < 1.29 is 23.7 Å². The van der Waals surface area contributed by atoms with Gasteiger partial charge in [0.15, 0.2) is 5.82 Å². The Morgan fingerprint density at radius 2 is 1.80 bits per heavy atom. The Hall–Kier alpha value is -5.04. The number of aryl methyl sites for hydroxylation is 1. The maximum absolute atomic E-state index is 13.1. The molecule has 0 amide bonds. The van der Waals surface area contributed by atoms with E-state index in [0.29, 0.717) is 33.9 Å². The first-order valence-electron chi connectivity index (χ1n) is 15.4. The third-order valence-electron chi connectivity index (χ3n) is 8.11. The molecule has 3 aromatic heterocycles. The summed E-state index contributed by atoms with van der Waals surface area (Å²) < 4.78 is 31.2. The van der Waals surface area contributed by atoms with E-state index >= 15 is 0 Å². The standard InChI is InChI=1S/C37H29BrClN5O5S/c1-44-28-19-23(39)12-13-25(28)34(42-44)22-16-27(38)33-32(18-22)50-43-36(33)49-31(37(45)47-3)17-21-8-4-6-10-29(21)48-20-24-14-15-40-35(41-24)26-9-5-7-11-30(26)46-2/h4-16,18-19,31H,17,20H2,1-3H3/t31-/m1/s1. The van der Waals surface area contributed by atoms with E-state index in [0.717, 1.165) is 47.8 Å². The van der Waals surface area contributed by atoms with Gasteiger partial charge in [0.2, 0.25) is 12.0 Å². The Balaban J connectivity index is 1.12. The molecule has 1 atom stereocenters. The number of hydrogen-bond acceptors (Lipinski definition) is 10. The lowest BCUT2D eigenvalue weighted by atomic mass is 10.1. The fourth-order valence-electron chi connectivity index (χ4n) is 5.70. The number of methoxy groups -OCH3 is 2. The number of rotatable bonds is 11. The van der Waals surface area contributed by atoms with E-state index in [2.05, 4.69) is 25.3 Å². The molecular weight excluding hydrogens is 742 g/mol. The lowest BCUT2D eigenvalue weighted by molar-refractivity contribution is -0.148. The summed E-state index contributed by atoms with van der Waals surface area (Å²) in [7, 11) is 4.84. The smallest absolute Gasteiger partial charge is 0.347 e. The topological polar surface area (TPSA) is 110 Å². The van der Waals surface area contributed by atoms with Gasteiger partial charge in [0, 0.05) is 40.1 Å². The Kier molecular flexibility index (Phi) is 9.66. The summed E-state index contributed by atoms with van der Waals surface area (Å²) in [6.45, 7) is 0.177. The van der Waals surface area contributed by atoms with Crippen molar-refractivity contribution in [3.05, 3.63) is 112 Å². The zero-order chi connectivity index (χ0) is 34.8. The zero-order valence-electron chi connectivity index (χ0n) is 27.1. The van der Waals surface area contributed by atoms with Crippen LogP contribution in [-0.2, 0) is 29.6 Å². The molecule has 7 rings (SSSR count). The lowest BCUT2D eigenvalue weighted by Gasteiger charge is -2.18. The van der Waals surface area contributed by atoms with E-state index in [1.54, 1.807) is 19.4 Å². The van der Waals surface area contributed by atoms with E-state index in [-0.39, 0.29) is 13.0 Å². The van der Waals surface area contributed by atoms with Crippen molar-refractivity contribution >= 4 is 66.0 Å². The van der Waals surface area contributed by atoms with Crippen LogP contribution in [0.25, 0.3) is 43.6 Å². The Labute approximate surface area is 304 Å². The second-order valence-corrected chi connectivity index (χ2v) is 13.4. The summed E-state index contributed by atoms with van der Waals surface area (Å²) in [5.74, 6) is 1.57. The summed E-state index contributed by atoms with van der Waals surface area (Å²) in [5.41, 5.74) is 4.86. The van der Waals surface area contributed by atoms with E-state index in [4.69, 9.17) is 40.6 Å². The molecule has 3 heterocycles. The first kappa shape index (κ1) is 33.5. The van der Waals surface area contributed by atoms with E-state index in [1.165, 1.54) is 18.6 Å². The van der Waals surface area contributed by atoms with Crippen LogP contribution in [0.1, 0.15) is 11.3 Å². The van der Waals surface area contributed by atoms with Crippen LogP contribution in [0.5, 0.6) is 17.4 Å². The number of halogens is 2. The van der Waals surface area contributed by atoms with Crippen molar-refractivity contribution in [2.75, 3.05) is 14.2 Å². The highest BCUT2D eigenvalue weighted by molar-refractivity contribution is 9.10. The van der Waals surface area contributed by atoms with Crippen molar-refractivity contribution in [2.24, 2.45) is 7.05 Å². The fraction of sp³-hybridized carbons (Fsp3) is 0.162. The van der Waals surface area contributed by atoms with Gasteiger partial charge in [-0.15, -0.1) is 0 Å². The number of benzene rings is 4. The summed E-state index contributed by atoms with van der Waals surface area (Å²) >= 11 is 11.2. The van der Waals surface area contributed by atoms with Crippen molar-refractivity contribution in [1.82, 2.24) is 24.1 Å². The van der Waals surface area contributed by atoms with Gasteiger partial charge in [0.1, 0.15) is 23.8 Å². The average Bonchev–Trinajstić information content (AvgIpc) is 3.70. The molecule has 0 unspecified atom stereocenters. The molecule has 0 saturated heterocycles. The molecule has 10 nitrogen and oxygen atoms in total. The molecule has 0 saturated carbocycles. The molecule has 0 aliphatic carbocycles. The van der Waals surface area contributed by atoms with Crippen LogP contribution in [0, 0.1) is 0 Å². The minimum Gasteiger partial charge on any atom is -0.496 e. The Morgan fingerprint density at radius 3 is 2.62 bits per heavy atom. The molecule has 0 N–H and O–H groups in total. The molecular formula is C37H29BrClN5O5S. The SMILES string of the molecule is COC(=O)[C@@H](Cc1ccccc1OCc1ccnc(-c2ccccc2OC)n1)Oc1nsc2cc(-c3nn(C)c4cc(Cl)ccc34)cc(Br)c12. The second kappa shape index (κ2) is 14.4. The first-order valence-corrected chi connectivity index (χ1v) is 17.4. The van der Waals surface area contributed by atoms with Gasteiger partial charge in [-0.2, -0.15) is 9.47 Å². The minimum absolute atomic E-state index is 0.177. The van der Waals surface area contributed by atoms with Gasteiger partial charge in [-0.3, -0.25) is 4.68 Å². The molecule has 0 fully saturated rings. The molecule has 0 bridgehead atoms. The Bertz CT molecular complexity index is 2360.